The number of aromatic nitrogens is 3. The first-order valence-corrected chi connectivity index (χ1v) is 5.59. The molecule has 96 valence electrons. The van der Waals surface area contributed by atoms with Crippen molar-refractivity contribution in [1.29, 1.82) is 0 Å². The van der Waals surface area contributed by atoms with Gasteiger partial charge in [0.1, 0.15) is 18.7 Å². The molecule has 6 heteroatoms. The van der Waals surface area contributed by atoms with E-state index in [1.807, 2.05) is 20.8 Å². The molecule has 17 heavy (non-hydrogen) atoms. The summed E-state index contributed by atoms with van der Waals surface area (Å²) in [7, 11) is 1.40. The van der Waals surface area contributed by atoms with Crippen LogP contribution in [-0.4, -0.2) is 40.4 Å². The number of rotatable bonds is 5. The van der Waals surface area contributed by atoms with Crippen LogP contribution in [0.4, 0.5) is 0 Å². The number of carbonyl (C=O) groups excluding carboxylic acids is 1. The van der Waals surface area contributed by atoms with Gasteiger partial charge in [-0.3, -0.25) is 9.48 Å². The third-order valence-electron chi connectivity index (χ3n) is 2.46. The summed E-state index contributed by atoms with van der Waals surface area (Å²) in [6, 6.07) is -0.323. The van der Waals surface area contributed by atoms with Crippen molar-refractivity contribution in [2.45, 2.75) is 33.4 Å². The third-order valence-corrected chi connectivity index (χ3v) is 2.46. The first kappa shape index (κ1) is 13.6. The van der Waals surface area contributed by atoms with Gasteiger partial charge < -0.3 is 10.1 Å². The highest BCUT2D eigenvalue weighted by Gasteiger charge is 2.31. The van der Waals surface area contributed by atoms with E-state index in [1.54, 1.807) is 11.0 Å². The summed E-state index contributed by atoms with van der Waals surface area (Å²) in [5.41, 5.74) is -0.185. The Morgan fingerprint density at radius 2 is 2.24 bits per heavy atom. The third kappa shape index (κ3) is 4.14. The van der Waals surface area contributed by atoms with Gasteiger partial charge in [0.05, 0.1) is 13.7 Å². The molecular weight excluding hydrogens is 220 g/mol. The number of esters is 1. The SMILES string of the molecule is COC(=O)[C@@H](NCCn1cncn1)C(C)(C)C. The van der Waals surface area contributed by atoms with Crippen LogP contribution in [0.2, 0.25) is 0 Å². The Bertz CT molecular complexity index is 343. The topological polar surface area (TPSA) is 69.0 Å². The molecule has 0 aliphatic heterocycles. The summed E-state index contributed by atoms with van der Waals surface area (Å²) in [6.07, 6.45) is 3.13. The van der Waals surface area contributed by atoms with Gasteiger partial charge in [0.25, 0.3) is 0 Å². The predicted octanol–water partition coefficient (Wildman–Crippen LogP) is 0.455. The second-order valence-corrected chi connectivity index (χ2v) is 4.93. The van der Waals surface area contributed by atoms with Crippen LogP contribution in [0.25, 0.3) is 0 Å². The van der Waals surface area contributed by atoms with E-state index in [4.69, 9.17) is 4.74 Å². The van der Waals surface area contributed by atoms with Crippen LogP contribution < -0.4 is 5.32 Å². The van der Waals surface area contributed by atoms with Crippen molar-refractivity contribution >= 4 is 5.97 Å². The maximum Gasteiger partial charge on any atom is 0.323 e. The minimum absolute atomic E-state index is 0.185. The molecule has 0 amide bonds. The first-order chi connectivity index (χ1) is 7.95. The summed E-state index contributed by atoms with van der Waals surface area (Å²) in [5.74, 6) is -0.240. The highest BCUT2D eigenvalue weighted by Crippen LogP contribution is 2.20. The van der Waals surface area contributed by atoms with Crippen molar-refractivity contribution < 1.29 is 9.53 Å². The minimum Gasteiger partial charge on any atom is -0.468 e. The molecule has 0 aromatic carbocycles. The van der Waals surface area contributed by atoms with E-state index in [2.05, 4.69) is 15.4 Å². The van der Waals surface area contributed by atoms with Gasteiger partial charge in [-0.25, -0.2) is 4.98 Å². The molecule has 0 saturated carbocycles. The maximum atomic E-state index is 11.6. The normalized spacial score (nSPS) is 13.4. The van der Waals surface area contributed by atoms with Gasteiger partial charge in [-0.2, -0.15) is 5.10 Å². The molecule has 1 heterocycles. The number of ether oxygens (including phenoxy) is 1. The average Bonchev–Trinajstić information content (AvgIpc) is 2.74. The molecule has 0 aliphatic rings. The van der Waals surface area contributed by atoms with Crippen molar-refractivity contribution in [3.05, 3.63) is 12.7 Å². The fourth-order valence-corrected chi connectivity index (χ4v) is 1.53. The van der Waals surface area contributed by atoms with E-state index >= 15 is 0 Å². The molecule has 0 bridgehead atoms. The second kappa shape index (κ2) is 5.77. The Hall–Kier alpha value is -1.43. The summed E-state index contributed by atoms with van der Waals surface area (Å²) in [6.45, 7) is 7.30. The lowest BCUT2D eigenvalue weighted by Crippen LogP contribution is -2.48. The van der Waals surface area contributed by atoms with E-state index < -0.39 is 0 Å². The van der Waals surface area contributed by atoms with Gasteiger partial charge in [-0.15, -0.1) is 0 Å². The molecular formula is C11H20N4O2. The molecule has 0 radical (unpaired) electrons. The number of methoxy groups -OCH3 is 1. The molecule has 1 aromatic heterocycles. The van der Waals surface area contributed by atoms with Crippen molar-refractivity contribution in [2.24, 2.45) is 5.41 Å². The van der Waals surface area contributed by atoms with Gasteiger partial charge in [0, 0.05) is 6.54 Å². The lowest BCUT2D eigenvalue weighted by Gasteiger charge is -2.29. The van der Waals surface area contributed by atoms with Crippen LogP contribution in [0.1, 0.15) is 20.8 Å². The van der Waals surface area contributed by atoms with Crippen molar-refractivity contribution in [3.8, 4) is 0 Å². The van der Waals surface area contributed by atoms with Gasteiger partial charge >= 0.3 is 5.97 Å². The summed E-state index contributed by atoms with van der Waals surface area (Å²) >= 11 is 0. The lowest BCUT2D eigenvalue weighted by molar-refractivity contribution is -0.146. The molecule has 0 aliphatic carbocycles. The molecule has 1 atom stereocenters. The Morgan fingerprint density at radius 1 is 1.53 bits per heavy atom. The predicted molar refractivity (Wildman–Crippen MR) is 63.3 cm³/mol. The Morgan fingerprint density at radius 3 is 2.71 bits per heavy atom. The highest BCUT2D eigenvalue weighted by molar-refractivity contribution is 5.76. The van der Waals surface area contributed by atoms with Gasteiger partial charge in [0.2, 0.25) is 0 Å². The van der Waals surface area contributed by atoms with E-state index in [-0.39, 0.29) is 17.4 Å². The summed E-state index contributed by atoms with van der Waals surface area (Å²) in [4.78, 5) is 15.5. The number of carbonyl (C=O) groups is 1. The molecule has 0 saturated heterocycles. The largest absolute Gasteiger partial charge is 0.468 e. The van der Waals surface area contributed by atoms with Crippen LogP contribution in [0.3, 0.4) is 0 Å². The number of nitrogens with zero attached hydrogens (tertiary/aromatic N) is 3. The molecule has 1 N–H and O–H groups in total. The maximum absolute atomic E-state index is 11.6. The standard InChI is InChI=1S/C11H20N4O2/c1-11(2,3)9(10(16)17-4)13-5-6-15-8-12-7-14-15/h7-9,13H,5-6H2,1-4H3/t9-/m1/s1. The quantitative estimate of drug-likeness (QED) is 0.757. The molecule has 6 nitrogen and oxygen atoms in total. The Balaban J connectivity index is 2.47. The second-order valence-electron chi connectivity index (χ2n) is 4.93. The molecule has 0 spiro atoms. The van der Waals surface area contributed by atoms with Crippen molar-refractivity contribution in [1.82, 2.24) is 20.1 Å². The van der Waals surface area contributed by atoms with E-state index in [1.165, 1.54) is 13.4 Å². The monoisotopic (exact) mass is 240 g/mol. The number of hydrogen-bond acceptors (Lipinski definition) is 5. The highest BCUT2D eigenvalue weighted by atomic mass is 16.5. The van der Waals surface area contributed by atoms with E-state index in [9.17, 15) is 4.79 Å². The van der Waals surface area contributed by atoms with Gasteiger partial charge in [-0.05, 0) is 5.41 Å². The number of nitrogens with one attached hydrogen (secondary N) is 1. The Kier molecular flexibility index (Phi) is 4.62. The van der Waals surface area contributed by atoms with Crippen molar-refractivity contribution in [3.63, 3.8) is 0 Å². The number of hydrogen-bond donors (Lipinski definition) is 1. The van der Waals surface area contributed by atoms with Crippen LogP contribution in [0.15, 0.2) is 12.7 Å². The van der Waals surface area contributed by atoms with Crippen LogP contribution >= 0.6 is 0 Å². The zero-order chi connectivity index (χ0) is 12.9. The Labute approximate surface area is 101 Å². The molecule has 0 unspecified atom stereocenters. The van der Waals surface area contributed by atoms with E-state index in [0.29, 0.717) is 13.1 Å². The first-order valence-electron chi connectivity index (χ1n) is 5.59. The van der Waals surface area contributed by atoms with Crippen LogP contribution in [0, 0.1) is 5.41 Å². The fraction of sp³-hybridized carbons (Fsp3) is 0.727. The zero-order valence-corrected chi connectivity index (χ0v) is 10.8. The minimum atomic E-state index is -0.323. The molecule has 1 rings (SSSR count). The van der Waals surface area contributed by atoms with Crippen LogP contribution in [-0.2, 0) is 16.1 Å². The fourth-order valence-electron chi connectivity index (χ4n) is 1.53. The van der Waals surface area contributed by atoms with Crippen LogP contribution in [0.5, 0.6) is 0 Å². The average molecular weight is 240 g/mol. The summed E-state index contributed by atoms with van der Waals surface area (Å²) in [5, 5.41) is 7.18. The van der Waals surface area contributed by atoms with E-state index in [0.717, 1.165) is 0 Å². The zero-order valence-electron chi connectivity index (χ0n) is 10.8. The lowest BCUT2D eigenvalue weighted by atomic mass is 9.87. The summed E-state index contributed by atoms with van der Waals surface area (Å²) < 4.78 is 6.50. The smallest absolute Gasteiger partial charge is 0.323 e. The molecule has 0 fully saturated rings. The molecule has 1 aromatic rings. The van der Waals surface area contributed by atoms with Crippen molar-refractivity contribution in [2.75, 3.05) is 13.7 Å². The van der Waals surface area contributed by atoms with Gasteiger partial charge in [-0.1, -0.05) is 20.8 Å². The van der Waals surface area contributed by atoms with Gasteiger partial charge in [0.15, 0.2) is 0 Å².